The molecule has 0 bridgehead atoms. The van der Waals surface area contributed by atoms with Crippen LogP contribution in [0.5, 0.6) is 5.75 Å². The maximum atomic E-state index is 11.1. The molecule has 0 aromatic heterocycles. The number of benzene rings is 1. The van der Waals surface area contributed by atoms with Gasteiger partial charge < -0.3 is 9.84 Å². The third-order valence-electron chi connectivity index (χ3n) is 3.48. The lowest BCUT2D eigenvalue weighted by Gasteiger charge is -2.27. The Kier molecular flexibility index (Phi) is 3.60. The molecule has 18 heavy (non-hydrogen) atoms. The normalized spacial score (nSPS) is 16.1. The summed E-state index contributed by atoms with van der Waals surface area (Å²) in [6.07, 6.45) is 4.38. The van der Waals surface area contributed by atoms with E-state index in [1.807, 2.05) is 24.3 Å². The molecular formula is C15H20O3. The van der Waals surface area contributed by atoms with Crippen LogP contribution in [0.2, 0.25) is 0 Å². The third kappa shape index (κ3) is 3.03. The van der Waals surface area contributed by atoms with Gasteiger partial charge in [-0.05, 0) is 57.2 Å². The zero-order valence-corrected chi connectivity index (χ0v) is 11.0. The third-order valence-corrected chi connectivity index (χ3v) is 3.48. The van der Waals surface area contributed by atoms with Crippen molar-refractivity contribution in [2.75, 3.05) is 0 Å². The number of ether oxygens (including phenoxy) is 1. The van der Waals surface area contributed by atoms with Gasteiger partial charge in [-0.15, -0.1) is 0 Å². The Balaban J connectivity index is 2.04. The van der Waals surface area contributed by atoms with Crippen LogP contribution >= 0.6 is 0 Å². The van der Waals surface area contributed by atoms with Crippen LogP contribution in [0.15, 0.2) is 24.3 Å². The molecule has 1 aliphatic carbocycles. The molecule has 0 amide bonds. The van der Waals surface area contributed by atoms with Crippen molar-refractivity contribution in [2.24, 2.45) is 5.41 Å². The summed E-state index contributed by atoms with van der Waals surface area (Å²) in [4.78, 5) is 11.1. The van der Waals surface area contributed by atoms with E-state index in [2.05, 4.69) is 0 Å². The van der Waals surface area contributed by atoms with Gasteiger partial charge in [-0.3, -0.25) is 4.79 Å². The summed E-state index contributed by atoms with van der Waals surface area (Å²) < 4.78 is 5.82. The minimum Gasteiger partial charge on any atom is -0.490 e. The molecule has 1 saturated carbocycles. The van der Waals surface area contributed by atoms with Gasteiger partial charge in [0.1, 0.15) is 5.75 Å². The predicted molar refractivity (Wildman–Crippen MR) is 69.8 cm³/mol. The molecule has 0 radical (unpaired) electrons. The zero-order chi connectivity index (χ0) is 13.2. The highest BCUT2D eigenvalue weighted by atomic mass is 16.5. The molecule has 1 N–H and O–H groups in total. The van der Waals surface area contributed by atoms with Crippen molar-refractivity contribution in [1.82, 2.24) is 0 Å². The van der Waals surface area contributed by atoms with Crippen LogP contribution in [0.4, 0.5) is 0 Å². The number of hydrogen-bond donors (Lipinski definition) is 1. The minimum atomic E-state index is -0.771. The van der Waals surface area contributed by atoms with Crippen molar-refractivity contribution in [3.05, 3.63) is 29.8 Å². The van der Waals surface area contributed by atoms with Crippen LogP contribution in [0.25, 0.3) is 0 Å². The molecule has 0 atom stereocenters. The Hall–Kier alpha value is -1.51. The van der Waals surface area contributed by atoms with Crippen molar-refractivity contribution in [3.8, 4) is 5.75 Å². The lowest BCUT2D eigenvalue weighted by molar-refractivity contribution is -0.146. The summed E-state index contributed by atoms with van der Waals surface area (Å²) in [6.45, 7) is 3.49. The lowest BCUT2D eigenvalue weighted by Crippen LogP contribution is -2.26. The molecule has 1 aliphatic rings. The van der Waals surface area contributed by atoms with Crippen molar-refractivity contribution < 1.29 is 14.6 Å². The van der Waals surface area contributed by atoms with Crippen LogP contribution in [0.3, 0.4) is 0 Å². The number of rotatable bonds is 5. The molecule has 0 saturated heterocycles. The first kappa shape index (κ1) is 12.9. The minimum absolute atomic E-state index is 0.354. The van der Waals surface area contributed by atoms with Gasteiger partial charge in [0, 0.05) is 0 Å². The maximum Gasteiger partial charge on any atom is 0.309 e. The average molecular weight is 248 g/mol. The van der Waals surface area contributed by atoms with Gasteiger partial charge >= 0.3 is 5.97 Å². The summed E-state index contributed by atoms with van der Waals surface area (Å²) in [7, 11) is 0. The Labute approximate surface area is 108 Å². The summed E-state index contributed by atoms with van der Waals surface area (Å²) in [6, 6.07) is 7.79. The van der Waals surface area contributed by atoms with Crippen LogP contribution in [-0.4, -0.2) is 17.2 Å². The Morgan fingerprint density at radius 2 is 2.17 bits per heavy atom. The van der Waals surface area contributed by atoms with Crippen LogP contribution < -0.4 is 4.74 Å². The molecule has 98 valence electrons. The lowest BCUT2D eigenvalue weighted by atomic mass is 9.86. The Bertz CT molecular complexity index is 433. The molecule has 0 unspecified atom stereocenters. The second kappa shape index (κ2) is 5.01. The van der Waals surface area contributed by atoms with E-state index >= 15 is 0 Å². The van der Waals surface area contributed by atoms with Gasteiger partial charge in [0.15, 0.2) is 0 Å². The molecule has 3 nitrogen and oxygen atoms in total. The fourth-order valence-corrected chi connectivity index (χ4v) is 2.00. The highest BCUT2D eigenvalue weighted by Crippen LogP contribution is 2.28. The topological polar surface area (TPSA) is 46.5 Å². The monoisotopic (exact) mass is 248 g/mol. The summed E-state index contributed by atoms with van der Waals surface area (Å²) >= 11 is 0. The van der Waals surface area contributed by atoms with Crippen LogP contribution in [0.1, 0.15) is 38.7 Å². The van der Waals surface area contributed by atoms with Gasteiger partial charge in [-0.25, -0.2) is 0 Å². The molecule has 0 spiro atoms. The van der Waals surface area contributed by atoms with Crippen LogP contribution in [0, 0.1) is 5.41 Å². The zero-order valence-electron chi connectivity index (χ0n) is 11.0. The first-order chi connectivity index (χ1) is 8.47. The molecule has 0 aliphatic heterocycles. The molecule has 1 aromatic rings. The Morgan fingerprint density at radius 3 is 2.72 bits per heavy atom. The van der Waals surface area contributed by atoms with Gasteiger partial charge in [0.25, 0.3) is 0 Å². The smallest absolute Gasteiger partial charge is 0.309 e. The standard InChI is InChI=1S/C15H20O3/c1-15(2,14(16)17)10-11-5-3-8-13(9-11)18-12-6-4-7-12/h3,5,8-9,12H,4,6-7,10H2,1-2H3,(H,16,17). The molecular weight excluding hydrogens is 228 g/mol. The van der Waals surface area contributed by atoms with Crippen molar-refractivity contribution in [3.63, 3.8) is 0 Å². The van der Waals surface area contributed by atoms with Crippen molar-refractivity contribution >= 4 is 5.97 Å². The number of carbonyl (C=O) groups is 1. The molecule has 1 aromatic carbocycles. The summed E-state index contributed by atoms with van der Waals surface area (Å²) in [5, 5.41) is 9.13. The highest BCUT2D eigenvalue weighted by Gasteiger charge is 2.27. The second-order valence-electron chi connectivity index (χ2n) is 5.68. The van der Waals surface area contributed by atoms with Crippen LogP contribution in [-0.2, 0) is 11.2 Å². The van der Waals surface area contributed by atoms with Crippen molar-refractivity contribution in [1.29, 1.82) is 0 Å². The SMILES string of the molecule is CC(C)(Cc1cccc(OC2CCC2)c1)C(=O)O. The highest BCUT2D eigenvalue weighted by molar-refractivity contribution is 5.74. The number of carboxylic acids is 1. The molecule has 0 heterocycles. The van der Waals surface area contributed by atoms with E-state index in [0.29, 0.717) is 12.5 Å². The van der Waals surface area contributed by atoms with E-state index in [1.165, 1.54) is 6.42 Å². The molecule has 1 fully saturated rings. The Morgan fingerprint density at radius 1 is 1.44 bits per heavy atom. The van der Waals surface area contributed by atoms with E-state index < -0.39 is 11.4 Å². The van der Waals surface area contributed by atoms with Gasteiger partial charge in [0.05, 0.1) is 11.5 Å². The van der Waals surface area contributed by atoms with Gasteiger partial charge in [0.2, 0.25) is 0 Å². The second-order valence-corrected chi connectivity index (χ2v) is 5.68. The summed E-state index contributed by atoms with van der Waals surface area (Å²) in [5.41, 5.74) is 0.272. The maximum absolute atomic E-state index is 11.1. The van der Waals surface area contributed by atoms with Gasteiger partial charge in [-0.1, -0.05) is 12.1 Å². The first-order valence-electron chi connectivity index (χ1n) is 6.46. The van der Waals surface area contributed by atoms with E-state index in [9.17, 15) is 4.79 Å². The summed E-state index contributed by atoms with van der Waals surface area (Å²) in [5.74, 6) is 0.0891. The van der Waals surface area contributed by atoms with E-state index in [0.717, 1.165) is 24.2 Å². The average Bonchev–Trinajstić information content (AvgIpc) is 2.23. The largest absolute Gasteiger partial charge is 0.490 e. The first-order valence-corrected chi connectivity index (χ1v) is 6.46. The fourth-order valence-electron chi connectivity index (χ4n) is 2.00. The fraction of sp³-hybridized carbons (Fsp3) is 0.533. The predicted octanol–water partition coefficient (Wildman–Crippen LogP) is 3.27. The number of aliphatic carboxylic acids is 1. The van der Waals surface area contributed by atoms with E-state index in [-0.39, 0.29) is 0 Å². The van der Waals surface area contributed by atoms with Gasteiger partial charge in [-0.2, -0.15) is 0 Å². The molecule has 2 rings (SSSR count). The van der Waals surface area contributed by atoms with E-state index in [4.69, 9.17) is 9.84 Å². The number of hydrogen-bond acceptors (Lipinski definition) is 2. The van der Waals surface area contributed by atoms with E-state index in [1.54, 1.807) is 13.8 Å². The molecule has 3 heteroatoms. The number of carboxylic acid groups (broad SMARTS) is 1. The van der Waals surface area contributed by atoms with Crippen molar-refractivity contribution in [2.45, 2.75) is 45.6 Å². The quantitative estimate of drug-likeness (QED) is 0.869.